The molecule has 3 aromatic rings. The molecule has 0 amide bonds. The number of rotatable bonds is 3. The molecule has 9 heteroatoms. The first-order valence-electron chi connectivity index (χ1n) is 11.0. The molecule has 0 radical (unpaired) electrons. The molecule has 7 nitrogen and oxygen atoms in total. The predicted octanol–water partition coefficient (Wildman–Crippen LogP) is 4.50. The number of benzene rings is 1. The molecule has 1 saturated carbocycles. The molecule has 1 spiro atoms. The van der Waals surface area contributed by atoms with Crippen LogP contribution in [-0.4, -0.2) is 32.4 Å². The van der Waals surface area contributed by atoms with Crippen LogP contribution < -0.4 is 10.5 Å². The Morgan fingerprint density at radius 3 is 2.53 bits per heavy atom. The van der Waals surface area contributed by atoms with Gasteiger partial charge in [-0.3, -0.25) is 14.0 Å². The van der Waals surface area contributed by atoms with Gasteiger partial charge in [0.1, 0.15) is 11.8 Å². The molecule has 2 aromatic heterocycles. The molecule has 2 aliphatic rings. The SMILES string of the molecule is Cn1nc2ccc(Sc3cnc(N4CCC5(CCCC5)CC4)n(C)c3=O)c(Cl)c2c1C#N. The third-order valence-corrected chi connectivity index (χ3v) is 8.68. The van der Waals surface area contributed by atoms with Crippen molar-refractivity contribution in [2.24, 2.45) is 19.5 Å². The summed E-state index contributed by atoms with van der Waals surface area (Å²) in [6.45, 7) is 1.90. The highest BCUT2D eigenvalue weighted by atomic mass is 35.5. The summed E-state index contributed by atoms with van der Waals surface area (Å²) >= 11 is 7.91. The Labute approximate surface area is 196 Å². The number of hydrogen-bond acceptors (Lipinski definition) is 6. The van der Waals surface area contributed by atoms with E-state index in [2.05, 4.69) is 21.1 Å². The minimum atomic E-state index is -0.0935. The van der Waals surface area contributed by atoms with E-state index in [0.717, 1.165) is 19.0 Å². The predicted molar refractivity (Wildman–Crippen MR) is 126 cm³/mol. The molecule has 0 N–H and O–H groups in total. The average Bonchev–Trinajstić information content (AvgIpc) is 3.38. The molecule has 5 rings (SSSR count). The number of aromatic nitrogens is 4. The lowest BCUT2D eigenvalue weighted by Crippen LogP contribution is -2.41. The van der Waals surface area contributed by atoms with Gasteiger partial charge in [-0.15, -0.1) is 0 Å². The lowest BCUT2D eigenvalue weighted by Gasteiger charge is -2.40. The molecule has 1 aromatic carbocycles. The van der Waals surface area contributed by atoms with E-state index < -0.39 is 0 Å². The monoisotopic (exact) mass is 468 g/mol. The normalized spacial score (nSPS) is 17.9. The van der Waals surface area contributed by atoms with Crippen molar-refractivity contribution >= 4 is 40.2 Å². The highest BCUT2D eigenvalue weighted by molar-refractivity contribution is 7.99. The van der Waals surface area contributed by atoms with Gasteiger partial charge in [-0.25, -0.2) is 4.98 Å². The van der Waals surface area contributed by atoms with E-state index in [1.807, 2.05) is 12.1 Å². The zero-order valence-corrected chi connectivity index (χ0v) is 19.8. The first-order valence-corrected chi connectivity index (χ1v) is 12.2. The van der Waals surface area contributed by atoms with Crippen LogP contribution in [0.2, 0.25) is 5.02 Å². The van der Waals surface area contributed by atoms with E-state index >= 15 is 0 Å². The maximum atomic E-state index is 13.2. The number of anilines is 1. The van der Waals surface area contributed by atoms with Crippen LogP contribution in [-0.2, 0) is 14.1 Å². The van der Waals surface area contributed by atoms with E-state index in [1.54, 1.807) is 24.9 Å². The van der Waals surface area contributed by atoms with Gasteiger partial charge in [-0.05, 0) is 43.2 Å². The number of piperidine rings is 1. The van der Waals surface area contributed by atoms with Crippen LogP contribution >= 0.6 is 23.4 Å². The average molecular weight is 469 g/mol. The van der Waals surface area contributed by atoms with Crippen LogP contribution in [0.5, 0.6) is 0 Å². The van der Waals surface area contributed by atoms with Crippen molar-refractivity contribution in [2.75, 3.05) is 18.0 Å². The van der Waals surface area contributed by atoms with E-state index in [9.17, 15) is 10.1 Å². The van der Waals surface area contributed by atoms with Gasteiger partial charge in [0.15, 0.2) is 0 Å². The van der Waals surface area contributed by atoms with Crippen LogP contribution in [0.3, 0.4) is 0 Å². The van der Waals surface area contributed by atoms with E-state index in [4.69, 9.17) is 11.6 Å². The Hall–Kier alpha value is -2.50. The summed E-state index contributed by atoms with van der Waals surface area (Å²) in [4.78, 5) is 21.3. The Kier molecular flexibility index (Phi) is 5.42. The molecule has 0 atom stereocenters. The molecule has 2 fully saturated rings. The maximum absolute atomic E-state index is 13.2. The second-order valence-corrected chi connectivity index (χ2v) is 10.4. The van der Waals surface area contributed by atoms with E-state index in [0.29, 0.717) is 36.8 Å². The molecule has 1 saturated heterocycles. The summed E-state index contributed by atoms with van der Waals surface area (Å²) in [7, 11) is 3.50. The Bertz CT molecular complexity index is 1290. The maximum Gasteiger partial charge on any atom is 0.268 e. The summed E-state index contributed by atoms with van der Waals surface area (Å²) in [6, 6.07) is 5.81. The summed E-state index contributed by atoms with van der Waals surface area (Å²) in [5.41, 5.74) is 1.49. The van der Waals surface area contributed by atoms with Crippen molar-refractivity contribution in [2.45, 2.75) is 48.3 Å². The smallest absolute Gasteiger partial charge is 0.268 e. The highest BCUT2D eigenvalue weighted by Crippen LogP contribution is 2.46. The number of fused-ring (bicyclic) bond motifs is 1. The fraction of sp³-hybridized carbons (Fsp3) is 0.478. The topological polar surface area (TPSA) is 79.7 Å². The lowest BCUT2D eigenvalue weighted by molar-refractivity contribution is 0.225. The second-order valence-electron chi connectivity index (χ2n) is 8.94. The molecular weight excluding hydrogens is 444 g/mol. The second kappa shape index (κ2) is 8.13. The number of aryl methyl sites for hydroxylation is 1. The van der Waals surface area contributed by atoms with Gasteiger partial charge < -0.3 is 4.90 Å². The molecular formula is C23H25ClN6OS. The number of hydrogen-bond donors (Lipinski definition) is 0. The molecule has 166 valence electrons. The number of nitrogens with zero attached hydrogens (tertiary/aromatic N) is 6. The van der Waals surface area contributed by atoms with Gasteiger partial charge in [0.25, 0.3) is 5.56 Å². The van der Waals surface area contributed by atoms with Gasteiger partial charge in [-0.1, -0.05) is 36.2 Å². The quantitative estimate of drug-likeness (QED) is 0.562. The number of halogens is 1. The summed E-state index contributed by atoms with van der Waals surface area (Å²) in [5, 5.41) is 14.8. The molecule has 1 aliphatic heterocycles. The molecule has 1 aliphatic carbocycles. The Morgan fingerprint density at radius 2 is 1.84 bits per heavy atom. The largest absolute Gasteiger partial charge is 0.342 e. The zero-order chi connectivity index (χ0) is 22.5. The van der Waals surface area contributed by atoms with Crippen molar-refractivity contribution < 1.29 is 0 Å². The van der Waals surface area contributed by atoms with Gasteiger partial charge in [-0.2, -0.15) is 10.4 Å². The first kappa shape index (κ1) is 21.4. The summed E-state index contributed by atoms with van der Waals surface area (Å²) in [5.74, 6) is 0.729. The van der Waals surface area contributed by atoms with Gasteiger partial charge in [0.05, 0.1) is 27.0 Å². The first-order chi connectivity index (χ1) is 15.4. The van der Waals surface area contributed by atoms with Crippen LogP contribution in [0.15, 0.2) is 32.9 Å². The van der Waals surface area contributed by atoms with Gasteiger partial charge in [0, 0.05) is 32.1 Å². The zero-order valence-electron chi connectivity index (χ0n) is 18.3. The van der Waals surface area contributed by atoms with E-state index in [1.165, 1.54) is 55.0 Å². The van der Waals surface area contributed by atoms with Gasteiger partial charge in [0.2, 0.25) is 5.95 Å². The Balaban J connectivity index is 1.41. The van der Waals surface area contributed by atoms with Gasteiger partial charge >= 0.3 is 0 Å². The van der Waals surface area contributed by atoms with Crippen molar-refractivity contribution in [1.29, 1.82) is 5.26 Å². The Morgan fingerprint density at radius 1 is 1.12 bits per heavy atom. The third-order valence-electron chi connectivity index (χ3n) is 7.11. The fourth-order valence-corrected chi connectivity index (χ4v) is 6.50. The summed E-state index contributed by atoms with van der Waals surface area (Å²) < 4.78 is 3.17. The third kappa shape index (κ3) is 3.48. The fourth-order valence-electron chi connectivity index (χ4n) is 5.24. The standard InChI is InChI=1S/C23H25ClN6OS/c1-28-21(31)18(14-26-22(28)30-11-9-23(10-12-30)7-3-4-8-23)32-17-6-5-15-19(20(17)24)16(13-25)29(2)27-15/h5-6,14H,3-4,7-12H2,1-2H3. The highest BCUT2D eigenvalue weighted by Gasteiger charge is 2.37. The molecule has 0 bridgehead atoms. The minimum Gasteiger partial charge on any atom is -0.342 e. The van der Waals surface area contributed by atoms with Crippen LogP contribution in [0.25, 0.3) is 10.9 Å². The van der Waals surface area contributed by atoms with Crippen molar-refractivity contribution in [3.05, 3.63) is 39.4 Å². The molecule has 32 heavy (non-hydrogen) atoms. The van der Waals surface area contributed by atoms with Crippen LogP contribution in [0, 0.1) is 16.7 Å². The van der Waals surface area contributed by atoms with Crippen LogP contribution in [0.4, 0.5) is 5.95 Å². The molecule has 0 unspecified atom stereocenters. The number of nitriles is 1. The summed E-state index contributed by atoms with van der Waals surface area (Å²) in [6.07, 6.45) is 9.41. The minimum absolute atomic E-state index is 0.0935. The van der Waals surface area contributed by atoms with Crippen molar-refractivity contribution in [3.8, 4) is 6.07 Å². The lowest BCUT2D eigenvalue weighted by atomic mass is 9.77. The van der Waals surface area contributed by atoms with Crippen molar-refractivity contribution in [1.82, 2.24) is 19.3 Å². The van der Waals surface area contributed by atoms with Crippen molar-refractivity contribution in [3.63, 3.8) is 0 Å². The van der Waals surface area contributed by atoms with E-state index in [-0.39, 0.29) is 5.56 Å². The molecule has 3 heterocycles. The van der Waals surface area contributed by atoms with Crippen LogP contribution in [0.1, 0.15) is 44.2 Å².